The number of rotatable bonds is 2. The predicted molar refractivity (Wildman–Crippen MR) is 94.4 cm³/mol. The molecule has 1 aromatic carbocycles. The van der Waals surface area contributed by atoms with E-state index in [2.05, 4.69) is 22.6 Å². The summed E-state index contributed by atoms with van der Waals surface area (Å²) in [6.45, 7) is 2.25. The minimum Gasteiger partial charge on any atom is -0.506 e. The van der Waals surface area contributed by atoms with Crippen LogP contribution in [0.4, 0.5) is 0 Å². The predicted octanol–water partition coefficient (Wildman–Crippen LogP) is 2.93. The fraction of sp³-hybridized carbons (Fsp3) is 0.429. The Morgan fingerprint density at radius 2 is 2.00 bits per heavy atom. The first kappa shape index (κ1) is 16.8. The molecule has 0 aromatic heterocycles. The minimum absolute atomic E-state index is 0.0802. The van der Waals surface area contributed by atoms with Crippen LogP contribution in [0.25, 0.3) is 0 Å². The molecule has 7 heteroatoms. The van der Waals surface area contributed by atoms with Crippen molar-refractivity contribution in [3.8, 4) is 5.75 Å². The summed E-state index contributed by atoms with van der Waals surface area (Å²) in [7, 11) is 0. The van der Waals surface area contributed by atoms with E-state index < -0.39 is 17.9 Å². The summed E-state index contributed by atoms with van der Waals surface area (Å²) >= 11 is 4.03. The van der Waals surface area contributed by atoms with Gasteiger partial charge in [-0.25, -0.2) is 4.79 Å². The molecule has 21 heavy (non-hydrogen) atoms. The van der Waals surface area contributed by atoms with Gasteiger partial charge in [-0.15, -0.1) is 0 Å². The molecule has 0 aliphatic carbocycles. The van der Waals surface area contributed by atoms with Crippen LogP contribution in [0.1, 0.15) is 30.1 Å². The highest BCUT2D eigenvalue weighted by atomic mass is 127. The highest BCUT2D eigenvalue weighted by Crippen LogP contribution is 2.31. The second kappa shape index (κ2) is 6.67. The monoisotopic (exact) mass is 515 g/mol. The number of amides is 1. The van der Waals surface area contributed by atoms with E-state index in [0.717, 1.165) is 16.4 Å². The first-order valence-electron chi connectivity index (χ1n) is 6.54. The zero-order chi connectivity index (χ0) is 15.7. The van der Waals surface area contributed by atoms with Crippen molar-refractivity contribution < 1.29 is 19.8 Å². The van der Waals surface area contributed by atoms with E-state index in [1.165, 1.54) is 4.90 Å². The molecule has 1 aliphatic heterocycles. The van der Waals surface area contributed by atoms with Gasteiger partial charge in [0.2, 0.25) is 0 Å². The molecule has 5 nitrogen and oxygen atoms in total. The van der Waals surface area contributed by atoms with Crippen molar-refractivity contribution in [1.82, 2.24) is 4.90 Å². The molecular weight excluding hydrogens is 500 g/mol. The summed E-state index contributed by atoms with van der Waals surface area (Å²) in [5.74, 6) is -1.58. The number of hydrogen-bond acceptors (Lipinski definition) is 3. The van der Waals surface area contributed by atoms with Crippen molar-refractivity contribution in [1.29, 1.82) is 0 Å². The van der Waals surface area contributed by atoms with Gasteiger partial charge in [0.05, 0.1) is 9.13 Å². The van der Waals surface area contributed by atoms with Crippen LogP contribution >= 0.6 is 45.2 Å². The molecule has 2 rings (SSSR count). The van der Waals surface area contributed by atoms with Gasteiger partial charge in [-0.3, -0.25) is 4.79 Å². The number of hydrogen-bond donors (Lipinski definition) is 2. The second-order valence-electron chi connectivity index (χ2n) is 5.18. The summed E-state index contributed by atoms with van der Waals surface area (Å²) < 4.78 is 1.41. The highest BCUT2D eigenvalue weighted by Gasteiger charge is 2.38. The number of nitrogens with zero attached hydrogens (tertiary/aromatic N) is 1. The number of aromatic hydroxyl groups is 1. The van der Waals surface area contributed by atoms with Crippen molar-refractivity contribution in [3.05, 3.63) is 24.8 Å². The molecule has 2 N–H and O–H groups in total. The average molecular weight is 515 g/mol. The molecule has 0 spiro atoms. The van der Waals surface area contributed by atoms with Crippen LogP contribution in [0.2, 0.25) is 0 Å². The molecule has 2 atom stereocenters. The summed E-state index contributed by atoms with van der Waals surface area (Å²) in [6.07, 6.45) is 1.56. The van der Waals surface area contributed by atoms with Gasteiger partial charge in [0.15, 0.2) is 0 Å². The standard InChI is InChI=1S/C14H15I2NO4/c1-7-3-2-4-17(11(7)14(20)21)13(19)9-5-8(15)6-10(16)12(9)18/h5-7,11,18H,2-4H2,1H3,(H,20,21). The lowest BCUT2D eigenvalue weighted by Gasteiger charge is -2.37. The molecule has 1 aliphatic rings. The van der Waals surface area contributed by atoms with Crippen molar-refractivity contribution >= 4 is 57.1 Å². The highest BCUT2D eigenvalue weighted by molar-refractivity contribution is 14.1. The smallest absolute Gasteiger partial charge is 0.326 e. The molecule has 2 unspecified atom stereocenters. The maximum absolute atomic E-state index is 12.7. The van der Waals surface area contributed by atoms with Gasteiger partial charge < -0.3 is 15.1 Å². The van der Waals surface area contributed by atoms with E-state index in [4.69, 9.17) is 0 Å². The first-order valence-corrected chi connectivity index (χ1v) is 8.70. The Morgan fingerprint density at radius 3 is 2.62 bits per heavy atom. The van der Waals surface area contributed by atoms with Crippen LogP contribution in [-0.4, -0.2) is 39.6 Å². The van der Waals surface area contributed by atoms with Crippen LogP contribution in [0.5, 0.6) is 5.75 Å². The Bertz CT molecular complexity index is 591. The zero-order valence-corrected chi connectivity index (χ0v) is 15.7. The molecular formula is C14H15I2NO4. The fourth-order valence-electron chi connectivity index (χ4n) is 2.68. The molecule has 1 saturated heterocycles. The van der Waals surface area contributed by atoms with Gasteiger partial charge in [-0.2, -0.15) is 0 Å². The summed E-state index contributed by atoms with van der Waals surface area (Å²) in [5, 5.41) is 19.5. The zero-order valence-electron chi connectivity index (χ0n) is 11.3. The molecule has 1 heterocycles. The van der Waals surface area contributed by atoms with E-state index in [1.807, 2.05) is 29.5 Å². The van der Waals surface area contributed by atoms with Crippen LogP contribution in [0, 0.1) is 13.1 Å². The normalized spacial score (nSPS) is 22.1. The number of benzene rings is 1. The number of phenols is 1. The van der Waals surface area contributed by atoms with Gasteiger partial charge in [0, 0.05) is 10.1 Å². The lowest BCUT2D eigenvalue weighted by atomic mass is 9.90. The maximum Gasteiger partial charge on any atom is 0.326 e. The number of phenolic OH excluding ortho intramolecular Hbond substituents is 1. The summed E-state index contributed by atoms with van der Waals surface area (Å²) in [6, 6.07) is 2.53. The first-order chi connectivity index (χ1) is 9.82. The Morgan fingerprint density at radius 1 is 1.33 bits per heavy atom. The quantitative estimate of drug-likeness (QED) is 0.595. The maximum atomic E-state index is 12.7. The van der Waals surface area contributed by atoms with Crippen LogP contribution in [0.3, 0.4) is 0 Å². The minimum atomic E-state index is -0.990. The SMILES string of the molecule is CC1CCCN(C(=O)c2cc(I)cc(I)c2O)C1C(=O)O. The van der Waals surface area contributed by atoms with Crippen molar-refractivity contribution in [3.63, 3.8) is 0 Å². The Labute approximate surface area is 150 Å². The number of piperidine rings is 1. The lowest BCUT2D eigenvalue weighted by molar-refractivity contribution is -0.145. The molecule has 1 aromatic rings. The second-order valence-corrected chi connectivity index (χ2v) is 7.59. The van der Waals surface area contributed by atoms with Crippen molar-refractivity contribution in [2.45, 2.75) is 25.8 Å². The third-order valence-corrected chi connectivity index (χ3v) is 5.15. The van der Waals surface area contributed by atoms with E-state index >= 15 is 0 Å². The molecule has 1 fully saturated rings. The number of carbonyl (C=O) groups excluding carboxylic acids is 1. The Balaban J connectivity index is 2.40. The Kier molecular flexibility index (Phi) is 5.33. The average Bonchev–Trinajstić information content (AvgIpc) is 2.41. The molecule has 1 amide bonds. The van der Waals surface area contributed by atoms with Crippen LogP contribution < -0.4 is 0 Å². The summed E-state index contributed by atoms with van der Waals surface area (Å²) in [4.78, 5) is 25.5. The van der Waals surface area contributed by atoms with Crippen molar-refractivity contribution in [2.24, 2.45) is 5.92 Å². The fourth-order valence-corrected chi connectivity index (χ4v) is 4.52. The topological polar surface area (TPSA) is 77.8 Å². The number of aliphatic carboxylic acids is 1. The number of likely N-dealkylation sites (tertiary alicyclic amines) is 1. The van der Waals surface area contributed by atoms with Gasteiger partial charge in [0.25, 0.3) is 5.91 Å². The number of carboxylic acid groups (broad SMARTS) is 1. The molecule has 0 saturated carbocycles. The molecule has 114 valence electrons. The van der Waals surface area contributed by atoms with Crippen LogP contribution in [0.15, 0.2) is 12.1 Å². The van der Waals surface area contributed by atoms with Gasteiger partial charge in [-0.05, 0) is 76.1 Å². The summed E-state index contributed by atoms with van der Waals surface area (Å²) in [5.41, 5.74) is 0.173. The number of carbonyl (C=O) groups is 2. The largest absolute Gasteiger partial charge is 0.506 e. The molecule has 0 radical (unpaired) electrons. The van der Waals surface area contributed by atoms with E-state index in [1.54, 1.807) is 12.1 Å². The van der Waals surface area contributed by atoms with Crippen LogP contribution in [-0.2, 0) is 4.79 Å². The van der Waals surface area contributed by atoms with Gasteiger partial charge in [-0.1, -0.05) is 6.92 Å². The number of halogens is 2. The Hall–Kier alpha value is -0.580. The van der Waals surface area contributed by atoms with Gasteiger partial charge in [0.1, 0.15) is 11.8 Å². The van der Waals surface area contributed by atoms with E-state index in [9.17, 15) is 19.8 Å². The lowest BCUT2D eigenvalue weighted by Crippen LogP contribution is -2.51. The van der Waals surface area contributed by atoms with E-state index in [-0.39, 0.29) is 17.2 Å². The third kappa shape index (κ3) is 3.43. The molecule has 0 bridgehead atoms. The number of carboxylic acids is 1. The van der Waals surface area contributed by atoms with E-state index in [0.29, 0.717) is 10.1 Å². The van der Waals surface area contributed by atoms with Crippen molar-refractivity contribution in [2.75, 3.05) is 6.54 Å². The van der Waals surface area contributed by atoms with Gasteiger partial charge >= 0.3 is 5.97 Å². The third-order valence-electron chi connectivity index (χ3n) is 3.71.